The molecule has 0 radical (unpaired) electrons. The maximum Gasteiger partial charge on any atom is 0.338 e. The molecular formula is C24H29N3O5. The molecule has 1 aliphatic rings. The van der Waals surface area contributed by atoms with Crippen LogP contribution in [0.4, 0.5) is 10.5 Å². The van der Waals surface area contributed by atoms with Crippen LogP contribution in [-0.2, 0) is 9.53 Å². The topological polar surface area (TPSA) is 97.9 Å². The van der Waals surface area contributed by atoms with E-state index in [4.69, 9.17) is 14.2 Å². The van der Waals surface area contributed by atoms with Crippen molar-refractivity contribution < 1.29 is 23.8 Å². The van der Waals surface area contributed by atoms with Crippen molar-refractivity contribution in [1.29, 1.82) is 0 Å². The van der Waals surface area contributed by atoms with Crippen molar-refractivity contribution in [2.75, 3.05) is 31.7 Å². The zero-order chi connectivity index (χ0) is 22.9. The van der Waals surface area contributed by atoms with Crippen molar-refractivity contribution in [2.24, 2.45) is 0 Å². The van der Waals surface area contributed by atoms with Crippen molar-refractivity contribution in [3.8, 4) is 11.5 Å². The maximum atomic E-state index is 12.9. The molecule has 1 aliphatic heterocycles. The number of ether oxygens (including phenoxy) is 3. The Labute approximate surface area is 187 Å². The van der Waals surface area contributed by atoms with E-state index in [0.29, 0.717) is 41.7 Å². The number of carbonyl (C=O) groups is 2. The molecule has 0 aliphatic carbocycles. The van der Waals surface area contributed by atoms with Gasteiger partial charge < -0.3 is 30.2 Å². The molecule has 2 aromatic carbocycles. The Morgan fingerprint density at radius 2 is 1.75 bits per heavy atom. The summed E-state index contributed by atoms with van der Waals surface area (Å²) in [5.74, 6) is 0.849. The highest BCUT2D eigenvalue weighted by Crippen LogP contribution is 2.31. The van der Waals surface area contributed by atoms with Crippen molar-refractivity contribution in [3.63, 3.8) is 0 Å². The average Bonchev–Trinajstić information content (AvgIpc) is 2.79. The Hall–Kier alpha value is -3.68. The number of hydrogen-bond donors (Lipinski definition) is 3. The van der Waals surface area contributed by atoms with E-state index in [1.807, 2.05) is 62.4 Å². The molecule has 0 saturated heterocycles. The van der Waals surface area contributed by atoms with Gasteiger partial charge in [-0.25, -0.2) is 9.59 Å². The van der Waals surface area contributed by atoms with Gasteiger partial charge in [-0.2, -0.15) is 0 Å². The predicted octanol–water partition coefficient (Wildman–Crippen LogP) is 3.77. The van der Waals surface area contributed by atoms with E-state index < -0.39 is 18.0 Å². The van der Waals surface area contributed by atoms with Gasteiger partial charge in [-0.05, 0) is 38.5 Å². The average molecular weight is 440 g/mol. The standard InChI is InChI=1S/C24H29N3O5/c1-4-30-17-12-13-20(31-5-2)18(14-17)25-15-19-21(23(28)32-6-3)22(27-24(29)26-19)16-10-8-7-9-11-16/h7-14,22,25H,4-6,15H2,1-3H3,(H2,26,27,29). The molecule has 0 fully saturated rings. The lowest BCUT2D eigenvalue weighted by atomic mass is 9.95. The van der Waals surface area contributed by atoms with Gasteiger partial charge in [0.1, 0.15) is 11.5 Å². The van der Waals surface area contributed by atoms with Crippen LogP contribution < -0.4 is 25.4 Å². The van der Waals surface area contributed by atoms with E-state index in [1.165, 1.54) is 0 Å². The van der Waals surface area contributed by atoms with Crippen LogP contribution in [0.2, 0.25) is 0 Å². The minimum atomic E-state index is -0.623. The minimum absolute atomic E-state index is 0.181. The summed E-state index contributed by atoms with van der Waals surface area (Å²) in [5, 5.41) is 8.86. The fourth-order valence-electron chi connectivity index (χ4n) is 3.47. The number of rotatable bonds is 10. The second-order valence-corrected chi connectivity index (χ2v) is 6.93. The predicted molar refractivity (Wildman–Crippen MR) is 122 cm³/mol. The molecule has 0 spiro atoms. The van der Waals surface area contributed by atoms with Crippen LogP contribution in [0.3, 0.4) is 0 Å². The number of esters is 1. The van der Waals surface area contributed by atoms with E-state index in [2.05, 4.69) is 16.0 Å². The van der Waals surface area contributed by atoms with E-state index in [0.717, 1.165) is 5.56 Å². The third-order valence-electron chi connectivity index (χ3n) is 4.80. The molecule has 170 valence electrons. The largest absolute Gasteiger partial charge is 0.494 e. The molecule has 32 heavy (non-hydrogen) atoms. The Kier molecular flexibility index (Phi) is 7.96. The number of amides is 2. The molecule has 0 saturated carbocycles. The first-order valence-corrected chi connectivity index (χ1v) is 10.7. The molecule has 8 heteroatoms. The molecule has 8 nitrogen and oxygen atoms in total. The normalized spacial score (nSPS) is 15.5. The van der Waals surface area contributed by atoms with E-state index >= 15 is 0 Å². The summed E-state index contributed by atoms with van der Waals surface area (Å²) in [4.78, 5) is 25.3. The molecular weight excluding hydrogens is 410 g/mol. The minimum Gasteiger partial charge on any atom is -0.494 e. The van der Waals surface area contributed by atoms with E-state index in [9.17, 15) is 9.59 Å². The number of anilines is 1. The van der Waals surface area contributed by atoms with E-state index in [-0.39, 0.29) is 13.2 Å². The van der Waals surface area contributed by atoms with Gasteiger partial charge in [0.15, 0.2) is 0 Å². The highest BCUT2D eigenvalue weighted by atomic mass is 16.5. The second kappa shape index (κ2) is 11.1. The van der Waals surface area contributed by atoms with Crippen molar-refractivity contribution >= 4 is 17.7 Å². The number of nitrogens with one attached hydrogen (secondary N) is 3. The molecule has 1 heterocycles. The fourth-order valence-corrected chi connectivity index (χ4v) is 3.47. The van der Waals surface area contributed by atoms with Crippen LogP contribution in [-0.4, -0.2) is 38.4 Å². The van der Waals surface area contributed by atoms with Gasteiger partial charge in [0, 0.05) is 6.07 Å². The summed E-state index contributed by atoms with van der Waals surface area (Å²) in [7, 11) is 0. The molecule has 3 N–H and O–H groups in total. The first-order chi connectivity index (χ1) is 15.6. The van der Waals surface area contributed by atoms with Gasteiger partial charge in [-0.15, -0.1) is 0 Å². The number of carbonyl (C=O) groups excluding carboxylic acids is 2. The number of urea groups is 1. The molecule has 2 aromatic rings. The molecule has 1 unspecified atom stereocenters. The third kappa shape index (κ3) is 5.51. The highest BCUT2D eigenvalue weighted by Gasteiger charge is 2.33. The molecule has 1 atom stereocenters. The quantitative estimate of drug-likeness (QED) is 0.488. The lowest BCUT2D eigenvalue weighted by Gasteiger charge is -2.29. The Morgan fingerprint density at radius 3 is 2.44 bits per heavy atom. The van der Waals surface area contributed by atoms with Crippen molar-refractivity contribution in [1.82, 2.24) is 10.6 Å². The molecule has 0 aromatic heterocycles. The SMILES string of the molecule is CCOC(=O)C1=C(CNc2cc(OCC)ccc2OCC)NC(=O)NC1c1ccccc1. The summed E-state index contributed by atoms with van der Waals surface area (Å²) in [6.07, 6.45) is 0. The lowest BCUT2D eigenvalue weighted by molar-refractivity contribution is -0.139. The summed E-state index contributed by atoms with van der Waals surface area (Å²) in [6.45, 7) is 7.00. The second-order valence-electron chi connectivity index (χ2n) is 6.93. The Morgan fingerprint density at radius 1 is 1.00 bits per heavy atom. The van der Waals surface area contributed by atoms with Gasteiger partial charge in [0.2, 0.25) is 0 Å². The maximum absolute atomic E-state index is 12.9. The summed E-state index contributed by atoms with van der Waals surface area (Å²) >= 11 is 0. The van der Waals surface area contributed by atoms with Crippen molar-refractivity contribution in [3.05, 3.63) is 65.4 Å². The molecule has 3 rings (SSSR count). The zero-order valence-electron chi connectivity index (χ0n) is 18.6. The van der Waals surface area contributed by atoms with Crippen LogP contribution in [0.15, 0.2) is 59.8 Å². The Balaban J connectivity index is 1.96. The molecule has 2 amide bonds. The van der Waals surface area contributed by atoms with Crippen LogP contribution in [0.5, 0.6) is 11.5 Å². The van der Waals surface area contributed by atoms with E-state index in [1.54, 1.807) is 6.92 Å². The Bertz CT molecular complexity index is 975. The monoisotopic (exact) mass is 439 g/mol. The van der Waals surface area contributed by atoms with Crippen LogP contribution in [0, 0.1) is 0 Å². The summed E-state index contributed by atoms with van der Waals surface area (Å²) < 4.78 is 16.6. The van der Waals surface area contributed by atoms with Crippen LogP contribution >= 0.6 is 0 Å². The number of benzene rings is 2. The van der Waals surface area contributed by atoms with Gasteiger partial charge in [-0.1, -0.05) is 30.3 Å². The highest BCUT2D eigenvalue weighted by molar-refractivity contribution is 5.95. The molecule has 0 bridgehead atoms. The van der Waals surface area contributed by atoms with Gasteiger partial charge in [-0.3, -0.25) is 0 Å². The summed E-state index contributed by atoms with van der Waals surface area (Å²) in [5.41, 5.74) is 2.27. The smallest absolute Gasteiger partial charge is 0.338 e. The lowest BCUT2D eigenvalue weighted by Crippen LogP contribution is -2.47. The van der Waals surface area contributed by atoms with Gasteiger partial charge >= 0.3 is 12.0 Å². The summed E-state index contributed by atoms with van der Waals surface area (Å²) in [6, 6.07) is 13.8. The fraction of sp³-hybridized carbons (Fsp3) is 0.333. The van der Waals surface area contributed by atoms with Crippen LogP contribution in [0.25, 0.3) is 0 Å². The first kappa shape index (κ1) is 23.0. The third-order valence-corrected chi connectivity index (χ3v) is 4.80. The number of hydrogen-bond acceptors (Lipinski definition) is 6. The van der Waals surface area contributed by atoms with Crippen molar-refractivity contribution in [2.45, 2.75) is 26.8 Å². The zero-order valence-corrected chi connectivity index (χ0v) is 18.6. The first-order valence-electron chi connectivity index (χ1n) is 10.7. The van der Waals surface area contributed by atoms with Gasteiger partial charge in [0.25, 0.3) is 0 Å². The van der Waals surface area contributed by atoms with Gasteiger partial charge in [0.05, 0.1) is 49.4 Å². The van der Waals surface area contributed by atoms with Crippen LogP contribution in [0.1, 0.15) is 32.4 Å².